The van der Waals surface area contributed by atoms with E-state index < -0.39 is 0 Å². The summed E-state index contributed by atoms with van der Waals surface area (Å²) in [6.07, 6.45) is 0. The third-order valence-corrected chi connectivity index (χ3v) is 15.9. The van der Waals surface area contributed by atoms with Gasteiger partial charge >= 0.3 is 0 Å². The molecule has 0 radical (unpaired) electrons. The van der Waals surface area contributed by atoms with Crippen LogP contribution in [-0.2, 0) is 5.41 Å². The second-order valence-electron chi connectivity index (χ2n) is 17.7. The molecule has 0 saturated carbocycles. The third-order valence-electron chi connectivity index (χ3n) is 13.6. The first-order valence-electron chi connectivity index (χ1n) is 22.1. The van der Waals surface area contributed by atoms with Crippen LogP contribution in [0.5, 0.6) is 0 Å². The Bertz CT molecular complexity index is 3700. The number of nitrogens with zero attached hydrogens (tertiary/aromatic N) is 1. The van der Waals surface area contributed by atoms with E-state index in [1.165, 1.54) is 107 Å². The summed E-state index contributed by atoms with van der Waals surface area (Å²) >= 11 is 3.74. The molecular weight excluding hydrogens is 811 g/mol. The second kappa shape index (κ2) is 14.4. The van der Waals surface area contributed by atoms with Gasteiger partial charge in [0.05, 0.1) is 0 Å². The average molecular weight is 852 g/mol. The standard InChI is InChI=1S/C61H41NS2/c1-61(2)55-16-8-5-13-49(55)50-28-27-48(37-56(50)61)62(47-26-21-38-11-3-4-12-40(38)34-47)46-24-19-39(20-25-46)43-31-44(41-22-29-59-53(35-41)51-14-6-9-17-57(51)63-59)33-45(32-43)42-23-30-60-54(36-42)52-15-7-10-18-58(52)64-60/h3-37H,1-2H3. The molecule has 302 valence electrons. The molecule has 0 aliphatic heterocycles. The molecule has 0 bridgehead atoms. The predicted octanol–water partition coefficient (Wildman–Crippen LogP) is 18.4. The number of benzene rings is 10. The van der Waals surface area contributed by atoms with E-state index in [4.69, 9.17) is 0 Å². The molecule has 1 aliphatic rings. The first-order chi connectivity index (χ1) is 31.4. The molecule has 1 nitrogen and oxygen atoms in total. The number of anilines is 3. The molecule has 13 rings (SSSR count). The Kier molecular flexibility index (Phi) is 8.37. The largest absolute Gasteiger partial charge is 0.310 e. The second-order valence-corrected chi connectivity index (χ2v) is 19.9. The van der Waals surface area contributed by atoms with Crippen LogP contribution in [-0.4, -0.2) is 0 Å². The zero-order valence-electron chi connectivity index (χ0n) is 35.5. The van der Waals surface area contributed by atoms with E-state index in [0.29, 0.717) is 0 Å². The van der Waals surface area contributed by atoms with Gasteiger partial charge in [-0.25, -0.2) is 0 Å². The molecule has 0 spiro atoms. The van der Waals surface area contributed by atoms with Crippen molar-refractivity contribution in [3.05, 3.63) is 223 Å². The zero-order valence-corrected chi connectivity index (χ0v) is 37.1. The Morgan fingerprint density at radius 2 is 0.797 bits per heavy atom. The maximum Gasteiger partial charge on any atom is 0.0468 e. The zero-order chi connectivity index (χ0) is 42.5. The van der Waals surface area contributed by atoms with Crippen molar-refractivity contribution in [2.24, 2.45) is 0 Å². The summed E-state index contributed by atoms with van der Waals surface area (Å²) in [6.45, 7) is 4.72. The van der Waals surface area contributed by atoms with Crippen molar-refractivity contribution in [2.45, 2.75) is 19.3 Å². The molecule has 0 N–H and O–H groups in total. The molecule has 0 saturated heterocycles. The molecule has 12 aromatic rings. The molecule has 2 heterocycles. The number of rotatable bonds is 6. The summed E-state index contributed by atoms with van der Waals surface area (Å²) in [5.74, 6) is 0. The molecule has 0 amide bonds. The minimum atomic E-state index is -0.105. The van der Waals surface area contributed by atoms with Gasteiger partial charge < -0.3 is 4.90 Å². The molecule has 10 aromatic carbocycles. The lowest BCUT2D eigenvalue weighted by Gasteiger charge is -2.28. The highest BCUT2D eigenvalue weighted by Gasteiger charge is 2.35. The molecule has 3 heteroatoms. The van der Waals surface area contributed by atoms with E-state index in [1.807, 2.05) is 22.7 Å². The lowest BCUT2D eigenvalue weighted by Crippen LogP contribution is -2.16. The smallest absolute Gasteiger partial charge is 0.0468 e. The van der Waals surface area contributed by atoms with E-state index in [9.17, 15) is 0 Å². The fourth-order valence-electron chi connectivity index (χ4n) is 10.3. The minimum Gasteiger partial charge on any atom is -0.310 e. The number of fused-ring (bicyclic) bond motifs is 10. The van der Waals surface area contributed by atoms with E-state index in [2.05, 4.69) is 231 Å². The number of hydrogen-bond donors (Lipinski definition) is 0. The molecular formula is C61H41NS2. The number of thiophene rings is 2. The Hall–Kier alpha value is -7.30. The monoisotopic (exact) mass is 851 g/mol. The van der Waals surface area contributed by atoms with E-state index in [0.717, 1.165) is 17.1 Å². The molecule has 0 unspecified atom stereocenters. The average Bonchev–Trinajstić information content (AvgIpc) is 3.98. The SMILES string of the molecule is CC1(C)c2ccccc2-c2ccc(N(c3ccc(-c4cc(-c5ccc6sc7ccccc7c6c5)cc(-c5ccc6sc7ccccc7c6c5)c4)cc3)c3ccc4ccccc4c3)cc21. The highest BCUT2D eigenvalue weighted by atomic mass is 32.1. The lowest BCUT2D eigenvalue weighted by atomic mass is 9.82. The summed E-state index contributed by atoms with van der Waals surface area (Å²) in [6, 6.07) is 79.4. The van der Waals surface area contributed by atoms with Crippen LogP contribution < -0.4 is 4.90 Å². The Balaban J connectivity index is 0.957. The first kappa shape index (κ1) is 37.3. The summed E-state index contributed by atoms with van der Waals surface area (Å²) < 4.78 is 5.29. The maximum atomic E-state index is 2.43. The van der Waals surface area contributed by atoms with Crippen molar-refractivity contribution >= 4 is 90.9 Å². The van der Waals surface area contributed by atoms with Gasteiger partial charge in [0.2, 0.25) is 0 Å². The summed E-state index contributed by atoms with van der Waals surface area (Å²) in [7, 11) is 0. The molecule has 2 aromatic heterocycles. The van der Waals surface area contributed by atoms with Gasteiger partial charge in [0.15, 0.2) is 0 Å². The van der Waals surface area contributed by atoms with Gasteiger partial charge in [0, 0.05) is 62.8 Å². The third kappa shape index (κ3) is 5.96. The highest BCUT2D eigenvalue weighted by Crippen LogP contribution is 2.51. The van der Waals surface area contributed by atoms with Crippen LogP contribution in [0.1, 0.15) is 25.0 Å². The fourth-order valence-corrected chi connectivity index (χ4v) is 12.5. The Labute approximate surface area is 380 Å². The molecule has 64 heavy (non-hydrogen) atoms. The van der Waals surface area contributed by atoms with Gasteiger partial charge in [-0.15, -0.1) is 22.7 Å². The molecule has 1 aliphatic carbocycles. The summed E-state index contributed by atoms with van der Waals surface area (Å²) in [5, 5.41) is 7.72. The van der Waals surface area contributed by atoms with Crippen LogP contribution in [0.15, 0.2) is 212 Å². The normalized spacial score (nSPS) is 13.0. The Morgan fingerprint density at radius 1 is 0.312 bits per heavy atom. The van der Waals surface area contributed by atoms with E-state index in [-0.39, 0.29) is 5.41 Å². The van der Waals surface area contributed by atoms with Crippen molar-refractivity contribution in [2.75, 3.05) is 4.90 Å². The van der Waals surface area contributed by atoms with Crippen LogP contribution >= 0.6 is 22.7 Å². The lowest BCUT2D eigenvalue weighted by molar-refractivity contribution is 0.660. The first-order valence-corrected chi connectivity index (χ1v) is 23.7. The van der Waals surface area contributed by atoms with Crippen molar-refractivity contribution < 1.29 is 0 Å². The quantitative estimate of drug-likeness (QED) is 0.161. The van der Waals surface area contributed by atoms with Gasteiger partial charge in [0.25, 0.3) is 0 Å². The molecule has 0 fully saturated rings. The van der Waals surface area contributed by atoms with Crippen LogP contribution in [0.3, 0.4) is 0 Å². The topological polar surface area (TPSA) is 3.24 Å². The minimum absolute atomic E-state index is 0.105. The highest BCUT2D eigenvalue weighted by molar-refractivity contribution is 7.26. The van der Waals surface area contributed by atoms with Crippen LogP contribution in [0, 0.1) is 0 Å². The predicted molar refractivity (Wildman–Crippen MR) is 278 cm³/mol. The van der Waals surface area contributed by atoms with Gasteiger partial charge in [0.1, 0.15) is 0 Å². The van der Waals surface area contributed by atoms with Gasteiger partial charge in [-0.05, 0) is 157 Å². The van der Waals surface area contributed by atoms with Crippen molar-refractivity contribution in [3.63, 3.8) is 0 Å². The Morgan fingerprint density at radius 3 is 1.47 bits per heavy atom. The van der Waals surface area contributed by atoms with Crippen molar-refractivity contribution in [1.82, 2.24) is 0 Å². The summed E-state index contributed by atoms with van der Waals surface area (Å²) in [5.41, 5.74) is 16.0. The van der Waals surface area contributed by atoms with Crippen molar-refractivity contribution in [1.29, 1.82) is 0 Å². The van der Waals surface area contributed by atoms with Crippen LogP contribution in [0.2, 0.25) is 0 Å². The van der Waals surface area contributed by atoms with Gasteiger partial charge in [-0.1, -0.05) is 135 Å². The van der Waals surface area contributed by atoms with Gasteiger partial charge in [-0.2, -0.15) is 0 Å². The summed E-state index contributed by atoms with van der Waals surface area (Å²) in [4.78, 5) is 2.43. The van der Waals surface area contributed by atoms with Crippen molar-refractivity contribution in [3.8, 4) is 44.5 Å². The van der Waals surface area contributed by atoms with Crippen LogP contribution in [0.25, 0.3) is 95.6 Å². The fraction of sp³-hybridized carbons (Fsp3) is 0.0492. The van der Waals surface area contributed by atoms with Crippen LogP contribution in [0.4, 0.5) is 17.1 Å². The molecule has 0 atom stereocenters. The number of hydrogen-bond acceptors (Lipinski definition) is 3. The van der Waals surface area contributed by atoms with E-state index in [1.54, 1.807) is 0 Å². The van der Waals surface area contributed by atoms with Gasteiger partial charge in [-0.3, -0.25) is 0 Å². The maximum absolute atomic E-state index is 2.43. The van der Waals surface area contributed by atoms with E-state index >= 15 is 0 Å².